The molecule has 28 heavy (non-hydrogen) atoms. The number of esters is 1. The molecule has 0 fully saturated rings. The molecule has 146 valence electrons. The SMILES string of the molecule is CC(=O)N/C(=C\c1ccccc1)C(=O)OCC(=O)NC(=O)NCc1ccco1. The zero-order valence-corrected chi connectivity index (χ0v) is 15.1. The van der Waals surface area contributed by atoms with Crippen LogP contribution in [-0.4, -0.2) is 30.4 Å². The second-order valence-electron chi connectivity index (χ2n) is 5.54. The molecule has 9 heteroatoms. The van der Waals surface area contributed by atoms with Gasteiger partial charge in [0.2, 0.25) is 5.91 Å². The lowest BCUT2D eigenvalue weighted by atomic mass is 10.2. The molecule has 3 N–H and O–H groups in total. The lowest BCUT2D eigenvalue weighted by Crippen LogP contribution is -2.41. The van der Waals surface area contributed by atoms with Crippen molar-refractivity contribution in [2.45, 2.75) is 13.5 Å². The third-order valence-corrected chi connectivity index (χ3v) is 3.23. The number of nitrogens with one attached hydrogen (secondary N) is 3. The highest BCUT2D eigenvalue weighted by molar-refractivity contribution is 6.00. The molecular formula is C19H19N3O6. The van der Waals surface area contributed by atoms with E-state index in [2.05, 4.69) is 10.6 Å². The monoisotopic (exact) mass is 385 g/mol. The van der Waals surface area contributed by atoms with E-state index in [1.165, 1.54) is 19.3 Å². The molecule has 0 unspecified atom stereocenters. The van der Waals surface area contributed by atoms with Gasteiger partial charge >= 0.3 is 12.0 Å². The predicted octanol–water partition coefficient (Wildman–Crippen LogP) is 1.33. The van der Waals surface area contributed by atoms with Crippen LogP contribution in [0.4, 0.5) is 4.79 Å². The molecule has 1 heterocycles. The summed E-state index contributed by atoms with van der Waals surface area (Å²) < 4.78 is 9.89. The summed E-state index contributed by atoms with van der Waals surface area (Å²) in [6.45, 7) is 0.638. The van der Waals surface area contributed by atoms with Crippen LogP contribution in [0.3, 0.4) is 0 Å². The largest absolute Gasteiger partial charge is 0.467 e. The van der Waals surface area contributed by atoms with Gasteiger partial charge in [-0.05, 0) is 23.8 Å². The van der Waals surface area contributed by atoms with Gasteiger partial charge in [0.25, 0.3) is 5.91 Å². The van der Waals surface area contributed by atoms with E-state index in [0.29, 0.717) is 11.3 Å². The second-order valence-corrected chi connectivity index (χ2v) is 5.54. The normalized spacial score (nSPS) is 10.7. The average molecular weight is 385 g/mol. The van der Waals surface area contributed by atoms with E-state index in [9.17, 15) is 19.2 Å². The molecule has 0 saturated heterocycles. The number of benzene rings is 1. The maximum absolute atomic E-state index is 12.2. The van der Waals surface area contributed by atoms with Gasteiger partial charge in [0.1, 0.15) is 11.5 Å². The van der Waals surface area contributed by atoms with E-state index in [1.807, 2.05) is 5.32 Å². The summed E-state index contributed by atoms with van der Waals surface area (Å²) in [6.07, 6.45) is 2.87. The van der Waals surface area contributed by atoms with Crippen molar-refractivity contribution < 1.29 is 28.3 Å². The number of carbonyl (C=O) groups excluding carboxylic acids is 4. The molecule has 0 aliphatic heterocycles. The van der Waals surface area contributed by atoms with Gasteiger partial charge in [-0.2, -0.15) is 0 Å². The number of rotatable bonds is 7. The van der Waals surface area contributed by atoms with Gasteiger partial charge in [0, 0.05) is 6.92 Å². The predicted molar refractivity (Wildman–Crippen MR) is 98.3 cm³/mol. The Balaban J connectivity index is 1.85. The van der Waals surface area contributed by atoms with Gasteiger partial charge in [-0.1, -0.05) is 30.3 Å². The lowest BCUT2D eigenvalue weighted by molar-refractivity contribution is -0.145. The Morgan fingerprint density at radius 3 is 2.43 bits per heavy atom. The van der Waals surface area contributed by atoms with Crippen LogP contribution in [0.1, 0.15) is 18.2 Å². The van der Waals surface area contributed by atoms with Crippen molar-refractivity contribution in [1.29, 1.82) is 0 Å². The van der Waals surface area contributed by atoms with E-state index in [1.54, 1.807) is 42.5 Å². The van der Waals surface area contributed by atoms with Crippen molar-refractivity contribution in [2.24, 2.45) is 0 Å². The number of imide groups is 1. The van der Waals surface area contributed by atoms with E-state index < -0.39 is 30.4 Å². The molecule has 1 aromatic carbocycles. The zero-order chi connectivity index (χ0) is 20.4. The van der Waals surface area contributed by atoms with Crippen molar-refractivity contribution in [2.75, 3.05) is 6.61 Å². The third kappa shape index (κ3) is 7.16. The molecule has 0 radical (unpaired) electrons. The number of urea groups is 1. The molecule has 2 aromatic rings. The van der Waals surface area contributed by atoms with Crippen LogP contribution >= 0.6 is 0 Å². The number of amides is 4. The minimum absolute atomic E-state index is 0.0956. The Bertz CT molecular complexity index is 859. The molecule has 1 aromatic heterocycles. The van der Waals surface area contributed by atoms with E-state index >= 15 is 0 Å². The highest BCUT2D eigenvalue weighted by atomic mass is 16.5. The molecule has 0 aliphatic carbocycles. The van der Waals surface area contributed by atoms with Gasteiger partial charge in [-0.3, -0.25) is 14.9 Å². The third-order valence-electron chi connectivity index (χ3n) is 3.23. The lowest BCUT2D eigenvalue weighted by Gasteiger charge is -2.09. The fourth-order valence-electron chi connectivity index (χ4n) is 2.05. The van der Waals surface area contributed by atoms with Crippen LogP contribution in [-0.2, 0) is 25.7 Å². The Hall–Kier alpha value is -3.88. The van der Waals surface area contributed by atoms with E-state index in [4.69, 9.17) is 9.15 Å². The quantitative estimate of drug-likeness (QED) is 0.487. The molecule has 9 nitrogen and oxygen atoms in total. The van der Waals surface area contributed by atoms with Crippen molar-refractivity contribution in [3.05, 3.63) is 65.7 Å². The van der Waals surface area contributed by atoms with Crippen LogP contribution in [0.5, 0.6) is 0 Å². The van der Waals surface area contributed by atoms with Gasteiger partial charge in [0.15, 0.2) is 6.61 Å². The summed E-state index contributed by atoms with van der Waals surface area (Å²) in [4.78, 5) is 46.8. The number of hydrogen-bond acceptors (Lipinski definition) is 6. The molecule has 0 aliphatic rings. The molecule has 0 spiro atoms. The van der Waals surface area contributed by atoms with Crippen molar-refractivity contribution >= 4 is 29.9 Å². The Kier molecular flexibility index (Phi) is 7.53. The molecule has 2 rings (SSSR count). The molecule has 0 atom stereocenters. The Labute approximate surface area is 160 Å². The number of furan rings is 1. The first-order valence-electron chi connectivity index (χ1n) is 8.25. The van der Waals surface area contributed by atoms with Crippen LogP contribution in [0.2, 0.25) is 0 Å². The van der Waals surface area contributed by atoms with Crippen LogP contribution < -0.4 is 16.0 Å². The van der Waals surface area contributed by atoms with Crippen molar-refractivity contribution in [3.8, 4) is 0 Å². The Morgan fingerprint density at radius 1 is 1.04 bits per heavy atom. The van der Waals surface area contributed by atoms with E-state index in [0.717, 1.165) is 0 Å². The first kappa shape index (κ1) is 20.4. The van der Waals surface area contributed by atoms with Crippen molar-refractivity contribution in [3.63, 3.8) is 0 Å². The van der Waals surface area contributed by atoms with Crippen LogP contribution in [0, 0.1) is 0 Å². The molecule has 0 bridgehead atoms. The first-order chi connectivity index (χ1) is 13.4. The highest BCUT2D eigenvalue weighted by Gasteiger charge is 2.16. The standard InChI is InChI=1S/C19H19N3O6/c1-13(23)21-16(10-14-6-3-2-4-7-14)18(25)28-12-17(24)22-19(26)20-11-15-8-5-9-27-15/h2-10H,11-12H2,1H3,(H,21,23)(H2,20,22,24,26)/b16-10-. The molecule has 4 amide bonds. The summed E-state index contributed by atoms with van der Waals surface area (Å²) in [6, 6.07) is 11.3. The summed E-state index contributed by atoms with van der Waals surface area (Å²) >= 11 is 0. The van der Waals surface area contributed by atoms with Gasteiger partial charge < -0.3 is 19.8 Å². The summed E-state index contributed by atoms with van der Waals surface area (Å²) in [7, 11) is 0. The fraction of sp³-hybridized carbons (Fsp3) is 0.158. The number of hydrogen-bond donors (Lipinski definition) is 3. The van der Waals surface area contributed by atoms with Gasteiger partial charge in [0.05, 0.1) is 12.8 Å². The topological polar surface area (TPSA) is 127 Å². The highest BCUT2D eigenvalue weighted by Crippen LogP contribution is 2.06. The first-order valence-corrected chi connectivity index (χ1v) is 8.25. The second kappa shape index (κ2) is 10.3. The van der Waals surface area contributed by atoms with Gasteiger partial charge in [-0.25, -0.2) is 9.59 Å². The summed E-state index contributed by atoms with van der Waals surface area (Å²) in [5.41, 5.74) is 0.527. The summed E-state index contributed by atoms with van der Waals surface area (Å²) in [5, 5.41) is 6.78. The van der Waals surface area contributed by atoms with Crippen LogP contribution in [0.15, 0.2) is 58.8 Å². The fourth-order valence-corrected chi connectivity index (χ4v) is 2.05. The number of carbonyl (C=O) groups is 4. The number of ether oxygens (including phenoxy) is 1. The molecular weight excluding hydrogens is 366 g/mol. The maximum atomic E-state index is 12.2. The minimum Gasteiger partial charge on any atom is -0.467 e. The van der Waals surface area contributed by atoms with Crippen LogP contribution in [0.25, 0.3) is 6.08 Å². The zero-order valence-electron chi connectivity index (χ0n) is 15.1. The Morgan fingerprint density at radius 2 is 1.79 bits per heavy atom. The average Bonchev–Trinajstić information content (AvgIpc) is 3.18. The maximum Gasteiger partial charge on any atom is 0.355 e. The molecule has 0 saturated carbocycles. The smallest absolute Gasteiger partial charge is 0.355 e. The van der Waals surface area contributed by atoms with Gasteiger partial charge in [-0.15, -0.1) is 0 Å². The minimum atomic E-state index is -0.912. The summed E-state index contributed by atoms with van der Waals surface area (Å²) in [5.74, 6) is -1.70. The van der Waals surface area contributed by atoms with E-state index in [-0.39, 0.29) is 12.2 Å². The van der Waals surface area contributed by atoms with Crippen molar-refractivity contribution in [1.82, 2.24) is 16.0 Å².